The Morgan fingerprint density at radius 1 is 1.03 bits per heavy atom. The highest BCUT2D eigenvalue weighted by molar-refractivity contribution is 5.87. The molecule has 1 N–H and O–H groups in total. The van der Waals surface area contributed by atoms with Crippen LogP contribution in [0.25, 0.3) is 21.9 Å². The number of hydrogen-bond donors (Lipinski definition) is 1. The number of hydrogen-bond acceptors (Lipinski definition) is 2. The maximum atomic E-state index is 13.7. The van der Waals surface area contributed by atoms with Crippen LogP contribution >= 0.6 is 0 Å². The number of carboxylic acids is 1. The molecule has 31 heavy (non-hydrogen) atoms. The van der Waals surface area contributed by atoms with Crippen LogP contribution in [0.3, 0.4) is 0 Å². The summed E-state index contributed by atoms with van der Waals surface area (Å²) in [4.78, 5) is 25.7. The molecule has 2 aromatic carbocycles. The van der Waals surface area contributed by atoms with E-state index >= 15 is 0 Å². The molecule has 1 unspecified atom stereocenters. The highest BCUT2D eigenvalue weighted by Gasteiger charge is 2.34. The molecule has 0 amide bonds. The van der Waals surface area contributed by atoms with Crippen LogP contribution in [-0.4, -0.2) is 24.8 Å². The number of nitrogens with zero attached hydrogens (tertiary/aromatic N) is 3. The van der Waals surface area contributed by atoms with E-state index in [0.717, 1.165) is 41.4 Å². The number of para-hydroxylation sites is 2. The molecule has 1 aliphatic carbocycles. The second-order valence-electron chi connectivity index (χ2n) is 8.76. The molecule has 1 aliphatic rings. The summed E-state index contributed by atoms with van der Waals surface area (Å²) in [5.74, 6) is -1.33. The molecule has 2 atom stereocenters. The van der Waals surface area contributed by atoms with Crippen LogP contribution < -0.4 is 5.69 Å². The summed E-state index contributed by atoms with van der Waals surface area (Å²) in [6.07, 6.45) is 5.28. The van der Waals surface area contributed by atoms with Crippen molar-refractivity contribution >= 4 is 27.9 Å². The van der Waals surface area contributed by atoms with Crippen molar-refractivity contribution < 1.29 is 9.90 Å². The lowest BCUT2D eigenvalue weighted by molar-refractivity contribution is -0.144. The van der Waals surface area contributed by atoms with Crippen molar-refractivity contribution in [2.45, 2.75) is 45.2 Å². The van der Waals surface area contributed by atoms with Crippen LogP contribution in [0, 0.1) is 12.8 Å². The molecule has 0 saturated heterocycles. The van der Waals surface area contributed by atoms with Crippen molar-refractivity contribution in [3.8, 4) is 0 Å². The minimum atomic E-state index is -0.807. The molecule has 1 saturated carbocycles. The molecule has 6 heteroatoms. The van der Waals surface area contributed by atoms with Gasteiger partial charge in [-0.1, -0.05) is 37.1 Å². The van der Waals surface area contributed by atoms with Crippen molar-refractivity contribution in [2.24, 2.45) is 13.0 Å². The predicted octanol–water partition coefficient (Wildman–Crippen LogP) is 4.47. The maximum absolute atomic E-state index is 13.7. The minimum Gasteiger partial charge on any atom is -0.481 e. The van der Waals surface area contributed by atoms with Crippen LogP contribution in [0.4, 0.5) is 0 Å². The molecule has 160 valence electrons. The van der Waals surface area contributed by atoms with Gasteiger partial charge < -0.3 is 9.67 Å². The normalized spacial score (nSPS) is 19.3. The van der Waals surface area contributed by atoms with Gasteiger partial charge in [-0.15, -0.1) is 0 Å². The average Bonchev–Trinajstić information content (AvgIpc) is 3.23. The number of carboxylic acid groups (broad SMARTS) is 1. The van der Waals surface area contributed by atoms with Crippen molar-refractivity contribution in [1.82, 2.24) is 13.7 Å². The SMILES string of the molecule is Cc1cccc2c1c(Cn1c(=O)n(C3CCCC[C@H]3C(=O)O)c3ccccc31)cn2C. The van der Waals surface area contributed by atoms with E-state index in [1.54, 1.807) is 4.57 Å². The van der Waals surface area contributed by atoms with Crippen LogP contribution in [0.5, 0.6) is 0 Å². The zero-order chi connectivity index (χ0) is 21.7. The Kier molecular flexibility index (Phi) is 4.73. The van der Waals surface area contributed by atoms with Gasteiger partial charge in [-0.3, -0.25) is 13.9 Å². The lowest BCUT2D eigenvalue weighted by Gasteiger charge is -2.29. The van der Waals surface area contributed by atoms with E-state index < -0.39 is 11.9 Å². The van der Waals surface area contributed by atoms with Crippen LogP contribution in [0.15, 0.2) is 53.5 Å². The van der Waals surface area contributed by atoms with Crippen molar-refractivity contribution in [2.75, 3.05) is 0 Å². The summed E-state index contributed by atoms with van der Waals surface area (Å²) in [6.45, 7) is 2.55. The lowest BCUT2D eigenvalue weighted by Crippen LogP contribution is -2.36. The number of aliphatic carboxylic acids is 1. The van der Waals surface area contributed by atoms with Gasteiger partial charge in [-0.2, -0.15) is 0 Å². The molecule has 0 spiro atoms. The Bertz CT molecular complexity index is 1360. The van der Waals surface area contributed by atoms with E-state index in [0.29, 0.717) is 13.0 Å². The van der Waals surface area contributed by atoms with Gasteiger partial charge in [0.2, 0.25) is 0 Å². The Morgan fingerprint density at radius 3 is 2.52 bits per heavy atom. The van der Waals surface area contributed by atoms with Gasteiger partial charge in [0, 0.05) is 24.1 Å². The number of carbonyl (C=O) groups is 1. The highest BCUT2D eigenvalue weighted by atomic mass is 16.4. The van der Waals surface area contributed by atoms with Crippen molar-refractivity contribution in [3.63, 3.8) is 0 Å². The zero-order valence-electron chi connectivity index (χ0n) is 17.9. The van der Waals surface area contributed by atoms with Gasteiger partial charge in [0.1, 0.15) is 0 Å². The molecule has 6 nitrogen and oxygen atoms in total. The molecular formula is C25H27N3O3. The number of fused-ring (bicyclic) bond motifs is 2. The van der Waals surface area contributed by atoms with Crippen molar-refractivity contribution in [3.05, 3.63) is 70.3 Å². The van der Waals surface area contributed by atoms with Gasteiger partial charge in [0.25, 0.3) is 0 Å². The number of imidazole rings is 1. The van der Waals surface area contributed by atoms with Crippen LogP contribution in [0.1, 0.15) is 42.9 Å². The molecule has 1 fully saturated rings. The lowest BCUT2D eigenvalue weighted by atomic mass is 9.84. The first-order valence-corrected chi connectivity index (χ1v) is 10.9. The Labute approximate surface area is 180 Å². The topological polar surface area (TPSA) is 69.2 Å². The first-order valence-electron chi connectivity index (χ1n) is 10.9. The molecule has 2 aromatic heterocycles. The molecule has 4 aromatic rings. The molecule has 0 bridgehead atoms. The number of rotatable bonds is 4. The largest absolute Gasteiger partial charge is 0.481 e. The van der Waals surface area contributed by atoms with E-state index in [1.807, 2.05) is 35.9 Å². The van der Waals surface area contributed by atoms with Gasteiger partial charge in [0.05, 0.1) is 29.5 Å². The number of aromatic nitrogens is 3. The smallest absolute Gasteiger partial charge is 0.329 e. The summed E-state index contributed by atoms with van der Waals surface area (Å²) in [6, 6.07) is 13.7. The highest BCUT2D eigenvalue weighted by Crippen LogP contribution is 2.35. The second kappa shape index (κ2) is 7.45. The van der Waals surface area contributed by atoms with E-state index in [9.17, 15) is 14.7 Å². The molecule has 2 heterocycles. The number of benzene rings is 2. The van der Waals surface area contributed by atoms with Crippen LogP contribution in [0.2, 0.25) is 0 Å². The first-order chi connectivity index (χ1) is 15.0. The third-order valence-corrected chi connectivity index (χ3v) is 6.88. The summed E-state index contributed by atoms with van der Waals surface area (Å²) in [7, 11) is 2.02. The first kappa shape index (κ1) is 19.7. The molecule has 0 aliphatic heterocycles. The van der Waals surface area contributed by atoms with Gasteiger partial charge in [-0.25, -0.2) is 4.79 Å². The summed E-state index contributed by atoms with van der Waals surface area (Å²) < 4.78 is 5.67. The Morgan fingerprint density at radius 2 is 1.74 bits per heavy atom. The standard InChI is InChI=1S/C25H27N3O3/c1-16-8-7-13-22-23(16)17(14-26(22)2)15-27-20-11-5-6-12-21(20)28(25(27)31)19-10-4-3-9-18(19)24(29)30/h5-8,11-14,18-19H,3-4,9-10,15H2,1-2H3,(H,29,30)/t18-,19?/m1/s1. The summed E-state index contributed by atoms with van der Waals surface area (Å²) in [5, 5.41) is 11.0. The van der Waals surface area contributed by atoms with Gasteiger partial charge >= 0.3 is 11.7 Å². The van der Waals surface area contributed by atoms with E-state index in [-0.39, 0.29) is 11.7 Å². The minimum absolute atomic E-state index is 0.120. The predicted molar refractivity (Wildman–Crippen MR) is 122 cm³/mol. The molecule has 5 rings (SSSR count). The maximum Gasteiger partial charge on any atom is 0.329 e. The molecular weight excluding hydrogens is 390 g/mol. The quantitative estimate of drug-likeness (QED) is 0.533. The van der Waals surface area contributed by atoms with E-state index in [4.69, 9.17) is 0 Å². The average molecular weight is 418 g/mol. The van der Waals surface area contributed by atoms with E-state index in [1.165, 1.54) is 10.9 Å². The third kappa shape index (κ3) is 3.09. The fraction of sp³-hybridized carbons (Fsp3) is 0.360. The monoisotopic (exact) mass is 417 g/mol. The Hall–Kier alpha value is -3.28. The fourth-order valence-electron chi connectivity index (χ4n) is 5.44. The third-order valence-electron chi connectivity index (χ3n) is 6.88. The van der Waals surface area contributed by atoms with E-state index in [2.05, 4.69) is 35.9 Å². The van der Waals surface area contributed by atoms with Crippen molar-refractivity contribution in [1.29, 1.82) is 0 Å². The summed E-state index contributed by atoms with van der Waals surface area (Å²) >= 11 is 0. The van der Waals surface area contributed by atoms with Gasteiger partial charge in [-0.05, 0) is 49.1 Å². The molecule has 0 radical (unpaired) electrons. The summed E-state index contributed by atoms with van der Waals surface area (Å²) in [5.41, 5.74) is 4.98. The fourth-order valence-corrected chi connectivity index (χ4v) is 5.44. The Balaban J connectivity index is 1.69. The van der Waals surface area contributed by atoms with Crippen LogP contribution in [-0.2, 0) is 18.4 Å². The zero-order valence-corrected chi connectivity index (χ0v) is 17.9. The second-order valence-corrected chi connectivity index (χ2v) is 8.76. The van der Waals surface area contributed by atoms with Gasteiger partial charge in [0.15, 0.2) is 0 Å². The number of aryl methyl sites for hydroxylation is 2.